The predicted molar refractivity (Wildman–Crippen MR) is 134 cm³/mol. The Morgan fingerprint density at radius 1 is 1.21 bits per heavy atom. The van der Waals surface area contributed by atoms with Crippen molar-refractivity contribution in [3.8, 4) is 0 Å². The minimum absolute atomic E-state index is 0.0729. The second-order valence-corrected chi connectivity index (χ2v) is 9.98. The number of amidine groups is 1. The summed E-state index contributed by atoms with van der Waals surface area (Å²) in [6, 6.07) is 10.4. The number of rotatable bonds is 7. The number of hydrogen-bond donors (Lipinski definition) is 1. The smallest absolute Gasteiger partial charge is 0.434 e. The molecule has 0 radical (unpaired) electrons. The zero-order chi connectivity index (χ0) is 23.2. The SMILES string of the molecule is CCCCCCOC(=O)OCC1CN(C2=Nc3ccccc3Nc3sc(C)cc32)CCN1C. The maximum Gasteiger partial charge on any atom is 0.508 e. The van der Waals surface area contributed by atoms with Crippen molar-refractivity contribution in [1.82, 2.24) is 9.80 Å². The third kappa shape index (κ3) is 5.86. The molecule has 1 aromatic carbocycles. The Hall–Kier alpha value is -2.58. The summed E-state index contributed by atoms with van der Waals surface area (Å²) in [6.45, 7) is 7.48. The molecule has 4 rings (SSSR count). The van der Waals surface area contributed by atoms with Crippen LogP contribution >= 0.6 is 11.3 Å². The molecule has 2 aromatic rings. The summed E-state index contributed by atoms with van der Waals surface area (Å²) < 4.78 is 10.7. The van der Waals surface area contributed by atoms with Gasteiger partial charge in [-0.3, -0.25) is 4.90 Å². The summed E-state index contributed by atoms with van der Waals surface area (Å²) in [5.41, 5.74) is 3.09. The third-order valence-electron chi connectivity index (χ3n) is 6.16. The standard InChI is InChI=1S/C25H34N4O3S/c1-4-5-6-9-14-31-25(30)32-17-19-16-29(13-12-28(19)3)23-20-15-18(2)33-24(20)27-22-11-8-7-10-21(22)26-23/h7-8,10-11,15,19,27H,4-6,9,12-14,16-17H2,1-3H3. The van der Waals surface area contributed by atoms with Crippen molar-refractivity contribution in [3.63, 3.8) is 0 Å². The van der Waals surface area contributed by atoms with Crippen LogP contribution < -0.4 is 5.32 Å². The number of aliphatic imine (C=N–C) groups is 1. The molecule has 8 heteroatoms. The molecule has 3 heterocycles. The van der Waals surface area contributed by atoms with E-state index in [-0.39, 0.29) is 6.04 Å². The average molecular weight is 471 g/mol. The topological polar surface area (TPSA) is 66.4 Å². The molecule has 33 heavy (non-hydrogen) atoms. The number of ether oxygens (including phenoxy) is 2. The lowest BCUT2D eigenvalue weighted by molar-refractivity contribution is 0.0216. The lowest BCUT2D eigenvalue weighted by atomic mass is 10.1. The van der Waals surface area contributed by atoms with Gasteiger partial charge in [-0.15, -0.1) is 11.3 Å². The van der Waals surface area contributed by atoms with E-state index in [4.69, 9.17) is 14.5 Å². The molecular formula is C25H34N4O3S. The van der Waals surface area contributed by atoms with Crippen LogP contribution in [0, 0.1) is 6.92 Å². The number of nitrogens with one attached hydrogen (secondary N) is 1. The van der Waals surface area contributed by atoms with Crippen molar-refractivity contribution in [2.45, 2.75) is 45.6 Å². The van der Waals surface area contributed by atoms with E-state index in [9.17, 15) is 4.79 Å². The number of benzene rings is 1. The molecule has 178 valence electrons. The zero-order valence-corrected chi connectivity index (χ0v) is 20.6. The second-order valence-electron chi connectivity index (χ2n) is 8.73. The van der Waals surface area contributed by atoms with Crippen LogP contribution in [0.3, 0.4) is 0 Å². The number of piperazine rings is 1. The average Bonchev–Trinajstić information content (AvgIpc) is 3.10. The van der Waals surface area contributed by atoms with E-state index in [0.29, 0.717) is 13.2 Å². The molecule has 0 saturated carbocycles. The number of nitrogens with zero attached hydrogens (tertiary/aromatic N) is 3. The van der Waals surface area contributed by atoms with Gasteiger partial charge in [-0.2, -0.15) is 0 Å². The first-order chi connectivity index (χ1) is 16.0. The fourth-order valence-electron chi connectivity index (χ4n) is 4.20. The van der Waals surface area contributed by atoms with E-state index < -0.39 is 6.16 Å². The van der Waals surface area contributed by atoms with Crippen LogP contribution in [-0.4, -0.2) is 67.7 Å². The van der Waals surface area contributed by atoms with Gasteiger partial charge in [0.1, 0.15) is 17.4 Å². The maximum absolute atomic E-state index is 12.1. The van der Waals surface area contributed by atoms with Crippen LogP contribution in [0.5, 0.6) is 0 Å². The Labute approximate surface area is 200 Å². The molecule has 7 nitrogen and oxygen atoms in total. The van der Waals surface area contributed by atoms with E-state index in [1.165, 1.54) is 4.88 Å². The summed E-state index contributed by atoms with van der Waals surface area (Å²) in [7, 11) is 2.08. The van der Waals surface area contributed by atoms with Gasteiger partial charge in [-0.05, 0) is 38.6 Å². The molecule has 2 aliphatic rings. The molecule has 0 spiro atoms. The lowest BCUT2D eigenvalue weighted by Crippen LogP contribution is -2.55. The minimum Gasteiger partial charge on any atom is -0.434 e. The van der Waals surface area contributed by atoms with Crippen LogP contribution in [0.25, 0.3) is 0 Å². The highest BCUT2D eigenvalue weighted by Gasteiger charge is 2.31. The number of unbranched alkanes of at least 4 members (excludes halogenated alkanes) is 3. The fraction of sp³-hybridized carbons (Fsp3) is 0.520. The Kier molecular flexibility index (Phi) is 7.88. The summed E-state index contributed by atoms with van der Waals surface area (Å²) in [6.07, 6.45) is 3.72. The highest BCUT2D eigenvalue weighted by Crippen LogP contribution is 2.39. The Morgan fingerprint density at radius 3 is 2.91 bits per heavy atom. The van der Waals surface area contributed by atoms with Gasteiger partial charge in [-0.1, -0.05) is 38.3 Å². The number of carbonyl (C=O) groups excluding carboxylic acids is 1. The van der Waals surface area contributed by atoms with Crippen LogP contribution in [0.4, 0.5) is 21.2 Å². The number of para-hydroxylation sites is 2. The van der Waals surface area contributed by atoms with Gasteiger partial charge >= 0.3 is 6.16 Å². The first-order valence-electron chi connectivity index (χ1n) is 11.9. The summed E-state index contributed by atoms with van der Waals surface area (Å²) >= 11 is 1.75. The van der Waals surface area contributed by atoms with Crippen molar-refractivity contribution >= 4 is 39.7 Å². The highest BCUT2D eigenvalue weighted by molar-refractivity contribution is 7.16. The van der Waals surface area contributed by atoms with Gasteiger partial charge in [0, 0.05) is 24.5 Å². The molecule has 1 fully saturated rings. The number of aryl methyl sites for hydroxylation is 1. The molecule has 0 aliphatic carbocycles. The number of fused-ring (bicyclic) bond motifs is 2. The van der Waals surface area contributed by atoms with E-state index in [1.54, 1.807) is 11.3 Å². The number of hydrogen-bond acceptors (Lipinski definition) is 8. The van der Waals surface area contributed by atoms with E-state index in [2.05, 4.69) is 48.1 Å². The second kappa shape index (κ2) is 11.0. The molecule has 1 aromatic heterocycles. The van der Waals surface area contributed by atoms with Crippen LogP contribution in [0.15, 0.2) is 35.3 Å². The molecule has 1 N–H and O–H groups in total. The summed E-state index contributed by atoms with van der Waals surface area (Å²) in [4.78, 5) is 22.9. The zero-order valence-electron chi connectivity index (χ0n) is 19.8. The third-order valence-corrected chi connectivity index (χ3v) is 7.13. The van der Waals surface area contributed by atoms with E-state index in [0.717, 1.165) is 73.1 Å². The number of anilines is 2. The monoisotopic (exact) mass is 470 g/mol. The first-order valence-corrected chi connectivity index (χ1v) is 12.7. The van der Waals surface area contributed by atoms with Crippen LogP contribution in [-0.2, 0) is 9.47 Å². The number of carbonyl (C=O) groups is 1. The number of likely N-dealkylation sites (N-methyl/N-ethyl adjacent to an activating group) is 1. The first kappa shape index (κ1) is 23.6. The van der Waals surface area contributed by atoms with Crippen molar-refractivity contribution < 1.29 is 14.3 Å². The van der Waals surface area contributed by atoms with Crippen molar-refractivity contribution in [3.05, 3.63) is 40.8 Å². The van der Waals surface area contributed by atoms with Gasteiger partial charge in [0.25, 0.3) is 0 Å². The van der Waals surface area contributed by atoms with E-state index in [1.807, 2.05) is 18.2 Å². The molecule has 1 atom stereocenters. The Balaban J connectivity index is 1.43. The molecule has 0 amide bonds. The highest BCUT2D eigenvalue weighted by atomic mass is 32.1. The quantitative estimate of drug-likeness (QED) is 0.423. The van der Waals surface area contributed by atoms with Gasteiger partial charge in [0.15, 0.2) is 0 Å². The van der Waals surface area contributed by atoms with Gasteiger partial charge in [-0.25, -0.2) is 9.79 Å². The van der Waals surface area contributed by atoms with Crippen molar-refractivity contribution in [1.29, 1.82) is 0 Å². The lowest BCUT2D eigenvalue weighted by Gasteiger charge is -2.40. The van der Waals surface area contributed by atoms with E-state index >= 15 is 0 Å². The normalized spacial score (nSPS) is 18.0. The van der Waals surface area contributed by atoms with Gasteiger partial charge in [0.05, 0.1) is 29.6 Å². The molecule has 1 saturated heterocycles. The number of thiophene rings is 1. The van der Waals surface area contributed by atoms with Crippen molar-refractivity contribution in [2.24, 2.45) is 4.99 Å². The van der Waals surface area contributed by atoms with Crippen molar-refractivity contribution in [2.75, 3.05) is 45.2 Å². The molecule has 1 unspecified atom stereocenters. The largest absolute Gasteiger partial charge is 0.508 e. The minimum atomic E-state index is -0.572. The van der Waals surface area contributed by atoms with Crippen LogP contribution in [0.1, 0.15) is 43.0 Å². The predicted octanol–water partition coefficient (Wildman–Crippen LogP) is 5.54. The summed E-state index contributed by atoms with van der Waals surface area (Å²) in [5, 5.41) is 4.69. The molecule has 2 aliphatic heterocycles. The van der Waals surface area contributed by atoms with Gasteiger partial charge in [0.2, 0.25) is 0 Å². The Morgan fingerprint density at radius 2 is 2.06 bits per heavy atom. The van der Waals surface area contributed by atoms with Gasteiger partial charge < -0.3 is 19.7 Å². The van der Waals surface area contributed by atoms with Crippen LogP contribution in [0.2, 0.25) is 0 Å². The molecular weight excluding hydrogens is 436 g/mol. The molecule has 0 bridgehead atoms. The fourth-order valence-corrected chi connectivity index (χ4v) is 5.12. The maximum atomic E-state index is 12.1. The summed E-state index contributed by atoms with van der Waals surface area (Å²) in [5.74, 6) is 0.975. The Bertz CT molecular complexity index is 990.